The monoisotopic (exact) mass is 1020 g/mol. The third-order valence-corrected chi connectivity index (χ3v) is 12.7. The van der Waals surface area contributed by atoms with E-state index in [4.69, 9.17) is 22.6 Å². The van der Waals surface area contributed by atoms with Gasteiger partial charge in [0.25, 0.3) is 11.5 Å². The van der Waals surface area contributed by atoms with Gasteiger partial charge < -0.3 is 62.8 Å². The summed E-state index contributed by atoms with van der Waals surface area (Å²) in [6.07, 6.45) is 2.57. The molecule has 2 aromatic carbocycles. The van der Waals surface area contributed by atoms with Crippen molar-refractivity contribution in [3.05, 3.63) is 63.9 Å². The second-order valence-corrected chi connectivity index (χ2v) is 18.4. The second kappa shape index (κ2) is 27.5. The Morgan fingerprint density at radius 1 is 0.845 bits per heavy atom. The summed E-state index contributed by atoms with van der Waals surface area (Å²) in [6.45, 7) is 0.572. The van der Waals surface area contributed by atoms with Crippen LogP contribution in [0, 0.1) is 12.3 Å². The third-order valence-electron chi connectivity index (χ3n) is 10.3. The fraction of sp³-hybridized carbons (Fsp3) is 0.409. The highest BCUT2D eigenvalue weighted by Gasteiger charge is 2.34. The number of nitrogens with zero attached hydrogens (tertiary/aromatic N) is 3. The summed E-state index contributed by atoms with van der Waals surface area (Å²) < 4.78 is 5.17. The molecule has 71 heavy (non-hydrogen) atoms. The number of carboxylic acids is 4. The standard InChI is InChI=1S/C44H52N10O15S2/c1-2-12-54(22-23-3-8-28-27(16-23)40(64)53-44(46)52-28)26-6-4-24(5-7-26)39(63)49-29(43(67)68)9-10-38(62)69-13-15-71-70-14-11-34(55)48-32(19-36(58)59)41(65)51-33(20-37(60)61)42(66)50-31(18-35(56)57)30-17-25(21-45)47-30/h1,3-8,16,25,29,31-33H,9-15,17-22,45H2,(H,48,55)(H,49,63)(H,50,66)(H,51,65)(H,56,57)(H,58,59)(H,60,61)(H,67,68)(H3,46,52,53,64). The van der Waals surface area contributed by atoms with Gasteiger partial charge >= 0.3 is 29.8 Å². The summed E-state index contributed by atoms with van der Waals surface area (Å²) in [6, 6.07) is 5.00. The summed E-state index contributed by atoms with van der Waals surface area (Å²) in [5.74, 6) is -7.19. The molecule has 25 nitrogen and oxygen atoms in total. The van der Waals surface area contributed by atoms with Crippen LogP contribution in [0.1, 0.15) is 60.9 Å². The Hall–Kier alpha value is -7.70. The van der Waals surface area contributed by atoms with Crippen molar-refractivity contribution < 1.29 is 68.3 Å². The van der Waals surface area contributed by atoms with E-state index >= 15 is 0 Å². The van der Waals surface area contributed by atoms with Crippen LogP contribution in [0.3, 0.4) is 0 Å². The average Bonchev–Trinajstić information content (AvgIpc) is 3.28. The molecule has 2 heterocycles. The number of ether oxygens (including phenoxy) is 1. The van der Waals surface area contributed by atoms with E-state index in [0.717, 1.165) is 5.56 Å². The van der Waals surface area contributed by atoms with Crippen molar-refractivity contribution >= 4 is 103 Å². The molecule has 0 spiro atoms. The molecule has 0 radical (unpaired) electrons. The van der Waals surface area contributed by atoms with Crippen molar-refractivity contribution in [3.8, 4) is 12.3 Å². The number of anilines is 2. The molecule has 0 saturated heterocycles. The van der Waals surface area contributed by atoms with Gasteiger partial charge in [-0.25, -0.2) is 9.78 Å². The number of aliphatic carboxylic acids is 4. The number of H-pyrrole nitrogens is 1. The average molecular weight is 1030 g/mol. The van der Waals surface area contributed by atoms with Gasteiger partial charge in [0.15, 0.2) is 0 Å². The van der Waals surface area contributed by atoms with Gasteiger partial charge in [0.2, 0.25) is 23.7 Å². The Bertz CT molecular complexity index is 2610. The maximum absolute atomic E-state index is 13.1. The number of terminal acetylenes is 1. The molecule has 0 fully saturated rings. The van der Waals surface area contributed by atoms with Gasteiger partial charge in [-0.15, -0.1) is 6.42 Å². The zero-order chi connectivity index (χ0) is 52.2. The van der Waals surface area contributed by atoms with E-state index in [1.54, 1.807) is 30.3 Å². The molecule has 0 aliphatic carbocycles. The highest BCUT2D eigenvalue weighted by Crippen LogP contribution is 2.23. The Kier molecular flexibility index (Phi) is 21.6. The smallest absolute Gasteiger partial charge is 0.326 e. The molecule has 380 valence electrons. The molecule has 1 aromatic heterocycles. The molecule has 4 rings (SSSR count). The molecule has 1 aliphatic rings. The molecule has 13 N–H and O–H groups in total. The number of aromatic nitrogens is 2. The SMILES string of the molecule is C#CCN(Cc1ccc2nc(N)[nH]c(=O)c2c1)c1ccc(C(=O)NC(CCC(=O)OCCSSCCC(=O)NC(CC(=O)O)C(=O)NC(CC(=O)O)C(=O)NC(CC(=O)O)C2=NC(CN)C2)C(=O)O)cc1. The van der Waals surface area contributed by atoms with E-state index in [0.29, 0.717) is 28.8 Å². The highest BCUT2D eigenvalue weighted by molar-refractivity contribution is 8.76. The summed E-state index contributed by atoms with van der Waals surface area (Å²) >= 11 is 0. The van der Waals surface area contributed by atoms with Crippen molar-refractivity contribution in [1.29, 1.82) is 0 Å². The fourth-order valence-electron chi connectivity index (χ4n) is 6.81. The molecule has 5 atom stereocenters. The minimum Gasteiger partial charge on any atom is -0.481 e. The Morgan fingerprint density at radius 2 is 1.48 bits per heavy atom. The Labute approximate surface area is 412 Å². The molecular weight excluding hydrogens is 973 g/mol. The number of nitrogens with one attached hydrogen (secondary N) is 5. The van der Waals surface area contributed by atoms with E-state index in [2.05, 4.69) is 42.1 Å². The number of carbonyl (C=O) groups excluding carboxylic acids is 5. The maximum Gasteiger partial charge on any atom is 0.326 e. The molecule has 3 aromatic rings. The van der Waals surface area contributed by atoms with Gasteiger partial charge in [-0.1, -0.05) is 33.6 Å². The quantitative estimate of drug-likeness (QED) is 0.0173. The first-order valence-corrected chi connectivity index (χ1v) is 24.1. The van der Waals surface area contributed by atoms with Gasteiger partial charge in [0, 0.05) is 60.8 Å². The molecular formula is C44H52N10O15S2. The van der Waals surface area contributed by atoms with Gasteiger partial charge in [0.1, 0.15) is 24.7 Å². The van der Waals surface area contributed by atoms with Crippen molar-refractivity contribution in [3.63, 3.8) is 0 Å². The number of fused-ring (bicyclic) bond motifs is 1. The van der Waals surface area contributed by atoms with Gasteiger partial charge in [0.05, 0.1) is 48.8 Å². The third kappa shape index (κ3) is 18.3. The molecule has 4 amide bonds. The van der Waals surface area contributed by atoms with E-state index in [9.17, 15) is 68.4 Å². The van der Waals surface area contributed by atoms with E-state index in [1.165, 1.54) is 33.7 Å². The van der Waals surface area contributed by atoms with E-state index in [1.807, 2.05) is 4.90 Å². The number of carbonyl (C=O) groups is 9. The number of nitrogen functional groups attached to an aromatic ring is 1. The largest absolute Gasteiger partial charge is 0.481 e. The lowest BCUT2D eigenvalue weighted by molar-refractivity contribution is -0.144. The number of rotatable bonds is 30. The van der Waals surface area contributed by atoms with Gasteiger partial charge in [-0.3, -0.25) is 53.1 Å². The molecule has 0 saturated carbocycles. The Morgan fingerprint density at radius 3 is 2.10 bits per heavy atom. The number of hydrogen-bond donors (Lipinski definition) is 11. The first kappa shape index (κ1) is 55.9. The van der Waals surface area contributed by atoms with Crippen molar-refractivity contribution in [2.75, 3.05) is 41.8 Å². The zero-order valence-electron chi connectivity index (χ0n) is 37.8. The summed E-state index contributed by atoms with van der Waals surface area (Å²) in [5, 5.41) is 47.3. The highest BCUT2D eigenvalue weighted by atomic mass is 33.1. The fourth-order valence-corrected chi connectivity index (χ4v) is 8.62. The first-order valence-electron chi connectivity index (χ1n) is 21.6. The lowest BCUT2D eigenvalue weighted by atomic mass is 9.94. The van der Waals surface area contributed by atoms with Crippen molar-refractivity contribution in [1.82, 2.24) is 31.2 Å². The van der Waals surface area contributed by atoms with E-state index in [-0.39, 0.29) is 74.4 Å². The lowest BCUT2D eigenvalue weighted by Crippen LogP contribution is -2.57. The minimum atomic E-state index is -1.78. The summed E-state index contributed by atoms with van der Waals surface area (Å²) in [7, 11) is 2.38. The van der Waals surface area contributed by atoms with Crippen LogP contribution in [0.4, 0.5) is 11.6 Å². The number of esters is 1. The number of carboxylic acid groups (broad SMARTS) is 4. The number of aromatic amines is 1. The number of amides is 4. The van der Waals surface area contributed by atoms with Crippen LogP contribution in [0.5, 0.6) is 0 Å². The van der Waals surface area contributed by atoms with Gasteiger partial charge in [-0.2, -0.15) is 0 Å². The first-order chi connectivity index (χ1) is 33.8. The zero-order valence-corrected chi connectivity index (χ0v) is 39.4. The second-order valence-electron chi connectivity index (χ2n) is 15.7. The van der Waals surface area contributed by atoms with E-state index < -0.39 is 102 Å². The molecule has 1 aliphatic heterocycles. The van der Waals surface area contributed by atoms with Crippen LogP contribution < -0.4 is 43.2 Å². The van der Waals surface area contributed by atoms with Crippen LogP contribution in [0.25, 0.3) is 10.9 Å². The summed E-state index contributed by atoms with van der Waals surface area (Å²) in [4.78, 5) is 136. The number of hydrogen-bond acceptors (Lipinski definition) is 18. The van der Waals surface area contributed by atoms with Crippen LogP contribution in [0.15, 0.2) is 52.3 Å². The number of nitrogens with two attached hydrogens (primary N) is 2. The number of benzene rings is 2. The summed E-state index contributed by atoms with van der Waals surface area (Å²) in [5.41, 5.74) is 13.0. The molecule has 27 heteroatoms. The van der Waals surface area contributed by atoms with Crippen LogP contribution in [-0.2, 0) is 49.6 Å². The topological polar surface area (TPSA) is 405 Å². The molecule has 5 unspecified atom stereocenters. The van der Waals surface area contributed by atoms with Gasteiger partial charge in [-0.05, 0) is 48.4 Å². The Balaban J connectivity index is 1.17. The van der Waals surface area contributed by atoms with Crippen molar-refractivity contribution in [2.45, 2.75) is 81.7 Å². The van der Waals surface area contributed by atoms with Crippen molar-refractivity contribution in [2.24, 2.45) is 10.7 Å². The van der Waals surface area contributed by atoms with Crippen LogP contribution >= 0.6 is 21.6 Å². The van der Waals surface area contributed by atoms with Crippen LogP contribution in [0.2, 0.25) is 0 Å². The maximum atomic E-state index is 13.1. The predicted octanol–water partition coefficient (Wildman–Crippen LogP) is -0.526. The normalized spacial score (nSPS) is 14.4. The van der Waals surface area contributed by atoms with Crippen LogP contribution in [-0.4, -0.2) is 151 Å². The molecule has 0 bridgehead atoms. The predicted molar refractivity (Wildman–Crippen MR) is 259 cm³/mol. The minimum absolute atomic E-state index is 0.00705. The number of aliphatic imine (C=N–C) groups is 1. The lowest BCUT2D eigenvalue weighted by Gasteiger charge is -2.30.